The summed E-state index contributed by atoms with van der Waals surface area (Å²) in [6.45, 7) is 3.93. The quantitative estimate of drug-likeness (QED) is 0.761. The van der Waals surface area contributed by atoms with Crippen LogP contribution in [0.2, 0.25) is 5.02 Å². The van der Waals surface area contributed by atoms with Crippen LogP contribution >= 0.6 is 11.6 Å². The van der Waals surface area contributed by atoms with Gasteiger partial charge in [0.1, 0.15) is 17.9 Å². The first kappa shape index (κ1) is 20.1. The maximum Gasteiger partial charge on any atom is 0.328 e. The molecule has 2 heterocycles. The van der Waals surface area contributed by atoms with Crippen molar-refractivity contribution in [2.75, 3.05) is 13.7 Å². The lowest BCUT2D eigenvalue weighted by Gasteiger charge is -2.36. The van der Waals surface area contributed by atoms with Gasteiger partial charge in [0, 0.05) is 29.2 Å². The molecule has 28 heavy (non-hydrogen) atoms. The number of ether oxygens (including phenoxy) is 1. The number of aromatic amines is 1. The summed E-state index contributed by atoms with van der Waals surface area (Å²) in [4.78, 5) is 33.9. The summed E-state index contributed by atoms with van der Waals surface area (Å²) in [6.07, 6.45) is 2.05. The minimum absolute atomic E-state index is 0.177. The van der Waals surface area contributed by atoms with E-state index < -0.39 is 29.9 Å². The highest BCUT2D eigenvalue weighted by atomic mass is 35.5. The number of nitrogens with zero attached hydrogens (tertiary/aromatic N) is 2. The number of benzene rings is 1. The van der Waals surface area contributed by atoms with Crippen molar-refractivity contribution in [1.29, 1.82) is 0 Å². The normalized spacial score (nSPS) is 17.2. The molecule has 0 aliphatic carbocycles. The van der Waals surface area contributed by atoms with E-state index in [4.69, 9.17) is 16.3 Å². The molecule has 7 nitrogen and oxygen atoms in total. The van der Waals surface area contributed by atoms with Gasteiger partial charge in [0.25, 0.3) is 0 Å². The Morgan fingerprint density at radius 1 is 1.43 bits per heavy atom. The van der Waals surface area contributed by atoms with Crippen LogP contribution in [0.5, 0.6) is 0 Å². The fourth-order valence-electron chi connectivity index (χ4n) is 3.38. The second-order valence-electron chi connectivity index (χ2n) is 6.97. The Kier molecular flexibility index (Phi) is 5.88. The molecule has 0 saturated heterocycles. The highest BCUT2D eigenvalue weighted by Crippen LogP contribution is 2.35. The van der Waals surface area contributed by atoms with Crippen LogP contribution in [0.15, 0.2) is 24.5 Å². The van der Waals surface area contributed by atoms with Crippen LogP contribution in [0.3, 0.4) is 0 Å². The van der Waals surface area contributed by atoms with E-state index in [1.165, 1.54) is 36.5 Å². The van der Waals surface area contributed by atoms with Crippen LogP contribution < -0.4 is 5.32 Å². The van der Waals surface area contributed by atoms with E-state index in [0.29, 0.717) is 23.7 Å². The Morgan fingerprint density at radius 2 is 2.18 bits per heavy atom. The van der Waals surface area contributed by atoms with Gasteiger partial charge in [-0.15, -0.1) is 0 Å². The summed E-state index contributed by atoms with van der Waals surface area (Å²) in [5.74, 6) is -1.20. The zero-order chi connectivity index (χ0) is 20.4. The number of halogens is 2. The Morgan fingerprint density at radius 3 is 2.86 bits per heavy atom. The zero-order valence-electron chi connectivity index (χ0n) is 15.8. The maximum absolute atomic E-state index is 14.6. The third-order valence-corrected chi connectivity index (χ3v) is 5.07. The molecular formula is C19H22ClFN4O3. The molecule has 2 N–H and O–H groups in total. The highest BCUT2D eigenvalue weighted by Gasteiger charge is 2.37. The van der Waals surface area contributed by atoms with Gasteiger partial charge in [0.05, 0.1) is 19.1 Å². The summed E-state index contributed by atoms with van der Waals surface area (Å²) in [7, 11) is 1.27. The molecule has 1 aliphatic heterocycles. The number of carbonyl (C=O) groups excluding carboxylic acids is 2. The summed E-state index contributed by atoms with van der Waals surface area (Å²) in [5, 5.41) is 3.07. The van der Waals surface area contributed by atoms with Crippen LogP contribution in [0.4, 0.5) is 9.18 Å². The van der Waals surface area contributed by atoms with Crippen molar-refractivity contribution in [2.24, 2.45) is 5.92 Å². The minimum Gasteiger partial charge on any atom is -0.467 e. The fourth-order valence-corrected chi connectivity index (χ4v) is 3.56. The van der Waals surface area contributed by atoms with E-state index in [1.54, 1.807) is 13.8 Å². The van der Waals surface area contributed by atoms with Gasteiger partial charge in [0.2, 0.25) is 0 Å². The molecule has 2 amide bonds. The average Bonchev–Trinajstić information content (AvgIpc) is 3.15. The van der Waals surface area contributed by atoms with Gasteiger partial charge in [-0.3, -0.25) is 0 Å². The number of carbonyl (C=O) groups is 2. The van der Waals surface area contributed by atoms with Gasteiger partial charge in [-0.25, -0.2) is 19.0 Å². The number of hydrogen-bond donors (Lipinski definition) is 2. The molecule has 150 valence electrons. The van der Waals surface area contributed by atoms with Crippen molar-refractivity contribution < 1.29 is 18.7 Å². The first-order valence-electron chi connectivity index (χ1n) is 8.95. The molecule has 0 spiro atoms. The van der Waals surface area contributed by atoms with Crippen LogP contribution in [0.25, 0.3) is 0 Å². The second kappa shape index (κ2) is 8.18. The van der Waals surface area contributed by atoms with Crippen LogP contribution in [-0.2, 0) is 16.0 Å². The first-order valence-corrected chi connectivity index (χ1v) is 9.33. The number of methoxy groups -OCH3 is 1. The first-order chi connectivity index (χ1) is 13.3. The van der Waals surface area contributed by atoms with E-state index in [1.807, 2.05) is 0 Å². The Hall–Kier alpha value is -2.61. The van der Waals surface area contributed by atoms with Gasteiger partial charge in [-0.2, -0.15) is 0 Å². The molecule has 0 fully saturated rings. The molecule has 2 atom stereocenters. The van der Waals surface area contributed by atoms with Crippen molar-refractivity contribution >= 4 is 23.6 Å². The van der Waals surface area contributed by atoms with Gasteiger partial charge in [-0.05, 0) is 24.1 Å². The number of aromatic nitrogens is 2. The number of nitrogens with one attached hydrogen (secondary N) is 2. The second-order valence-corrected chi connectivity index (χ2v) is 7.41. The lowest BCUT2D eigenvalue weighted by Crippen LogP contribution is -2.53. The lowest BCUT2D eigenvalue weighted by atomic mass is 9.95. The van der Waals surface area contributed by atoms with Crippen LogP contribution in [-0.4, -0.2) is 46.6 Å². The number of imidazole rings is 1. The SMILES string of the molecule is COC(=O)[C@H](NC(=O)N1CCc2[nH]cnc2[C@H]1c1cc(Cl)ccc1F)C(C)C. The summed E-state index contributed by atoms with van der Waals surface area (Å²) < 4.78 is 19.4. The number of urea groups is 1. The fraction of sp³-hybridized carbons (Fsp3) is 0.421. The number of rotatable bonds is 4. The zero-order valence-corrected chi connectivity index (χ0v) is 16.6. The van der Waals surface area contributed by atoms with Gasteiger partial charge in [-0.1, -0.05) is 25.4 Å². The molecule has 0 unspecified atom stereocenters. The number of fused-ring (bicyclic) bond motifs is 1. The smallest absolute Gasteiger partial charge is 0.328 e. The van der Waals surface area contributed by atoms with E-state index in [9.17, 15) is 14.0 Å². The molecule has 0 saturated carbocycles. The molecule has 1 aliphatic rings. The highest BCUT2D eigenvalue weighted by molar-refractivity contribution is 6.30. The lowest BCUT2D eigenvalue weighted by molar-refractivity contribution is -0.144. The van der Waals surface area contributed by atoms with E-state index in [2.05, 4.69) is 15.3 Å². The van der Waals surface area contributed by atoms with E-state index in [0.717, 1.165) is 5.69 Å². The standard InChI is InChI=1S/C19H22ClFN4O3/c1-10(2)15(18(26)28-3)24-19(27)25-7-6-14-16(23-9-22-14)17(25)12-8-11(20)4-5-13(12)21/h4-5,8-10,15,17H,6-7H2,1-3H3,(H,22,23)(H,24,27)/t15-,17-/m1/s1. The van der Waals surface area contributed by atoms with Crippen molar-refractivity contribution in [2.45, 2.75) is 32.4 Å². The summed E-state index contributed by atoms with van der Waals surface area (Å²) in [5.41, 5.74) is 1.64. The Balaban J connectivity index is 1.98. The topological polar surface area (TPSA) is 87.3 Å². The Bertz CT molecular complexity index is 886. The molecular weight excluding hydrogens is 387 g/mol. The van der Waals surface area contributed by atoms with Gasteiger partial charge in [0.15, 0.2) is 0 Å². The van der Waals surface area contributed by atoms with Gasteiger partial charge >= 0.3 is 12.0 Å². The number of hydrogen-bond acceptors (Lipinski definition) is 4. The van der Waals surface area contributed by atoms with Crippen LogP contribution in [0, 0.1) is 11.7 Å². The molecule has 0 bridgehead atoms. The predicted octanol–water partition coefficient (Wildman–Crippen LogP) is 3.06. The number of amides is 2. The van der Waals surface area contributed by atoms with Crippen molar-refractivity contribution in [3.63, 3.8) is 0 Å². The monoisotopic (exact) mass is 408 g/mol. The molecule has 1 aromatic heterocycles. The molecule has 3 rings (SSSR count). The van der Waals surface area contributed by atoms with Crippen molar-refractivity contribution in [3.05, 3.63) is 52.3 Å². The Labute approximate surface area is 167 Å². The van der Waals surface area contributed by atoms with Crippen LogP contribution in [0.1, 0.15) is 36.8 Å². The largest absolute Gasteiger partial charge is 0.467 e. The maximum atomic E-state index is 14.6. The number of H-pyrrole nitrogens is 1. The third-order valence-electron chi connectivity index (χ3n) is 4.84. The van der Waals surface area contributed by atoms with Gasteiger partial charge < -0.3 is 19.9 Å². The van der Waals surface area contributed by atoms with Crippen molar-refractivity contribution in [3.8, 4) is 0 Å². The molecule has 2 aromatic rings. The summed E-state index contributed by atoms with van der Waals surface area (Å²) in [6, 6.07) is 2.13. The third kappa shape index (κ3) is 3.82. The predicted molar refractivity (Wildman–Crippen MR) is 101 cm³/mol. The molecule has 0 radical (unpaired) electrons. The molecule has 9 heteroatoms. The molecule has 1 aromatic carbocycles. The average molecular weight is 409 g/mol. The van der Waals surface area contributed by atoms with Crippen molar-refractivity contribution in [1.82, 2.24) is 20.2 Å². The van der Waals surface area contributed by atoms with E-state index >= 15 is 0 Å². The summed E-state index contributed by atoms with van der Waals surface area (Å²) >= 11 is 6.08. The van der Waals surface area contributed by atoms with E-state index in [-0.39, 0.29) is 11.5 Å². The number of esters is 1. The minimum atomic E-state index is -0.817.